The molecule has 4 rings (SSSR count). The molecule has 1 saturated carbocycles. The van der Waals surface area contributed by atoms with E-state index in [1.807, 2.05) is 43.9 Å². The van der Waals surface area contributed by atoms with Gasteiger partial charge in [0.15, 0.2) is 11.5 Å². The van der Waals surface area contributed by atoms with E-state index >= 15 is 0 Å². The summed E-state index contributed by atoms with van der Waals surface area (Å²) in [5.74, 6) is 2.30. The Morgan fingerprint density at radius 3 is 2.35 bits per heavy atom. The SMILES string of the molecule is COCCCOc1cc(O[C@@H](C[C@@H]2CN(C(=O)OC(C)(C)C)C[C@@H]2CN(C(=O)OC2CCOCC2)C2CC2)C(C)C)ccc1OC. The second-order valence-electron chi connectivity index (χ2n) is 14.1. The molecule has 2 amide bonds. The number of benzene rings is 1. The van der Waals surface area contributed by atoms with Gasteiger partial charge in [-0.3, -0.25) is 0 Å². The van der Waals surface area contributed by atoms with E-state index in [0.29, 0.717) is 69.7 Å². The Morgan fingerprint density at radius 1 is 1.00 bits per heavy atom. The molecule has 0 N–H and O–H groups in total. The highest BCUT2D eigenvalue weighted by molar-refractivity contribution is 5.69. The summed E-state index contributed by atoms with van der Waals surface area (Å²) < 4.78 is 40.5. The number of hydrogen-bond acceptors (Lipinski definition) is 9. The molecule has 46 heavy (non-hydrogen) atoms. The maximum absolute atomic E-state index is 13.5. The van der Waals surface area contributed by atoms with Gasteiger partial charge in [0.25, 0.3) is 0 Å². The van der Waals surface area contributed by atoms with Crippen LogP contribution in [0.25, 0.3) is 0 Å². The number of ether oxygens (including phenoxy) is 7. The fourth-order valence-electron chi connectivity index (χ4n) is 6.06. The molecule has 2 aliphatic heterocycles. The van der Waals surface area contributed by atoms with E-state index in [9.17, 15) is 9.59 Å². The molecule has 0 aromatic heterocycles. The second-order valence-corrected chi connectivity index (χ2v) is 14.1. The standard InChI is InChI=1S/C35H56N2O9/c1-24(2)31(44-29-11-12-30(41-7)32(20-29)43-16-8-15-40-6)19-25-21-36(33(38)46-35(3,4)5)22-26(25)23-37(27-9-10-27)34(39)45-28-13-17-42-18-14-28/h11-12,20,24-28,31H,8-10,13-19,21-23H2,1-7H3/t25-,26-,31+/m1/s1. The van der Waals surface area contributed by atoms with E-state index in [2.05, 4.69) is 13.8 Å². The van der Waals surface area contributed by atoms with Crippen molar-refractivity contribution >= 4 is 12.2 Å². The molecule has 1 aliphatic carbocycles. The first-order chi connectivity index (χ1) is 22.0. The number of rotatable bonds is 15. The van der Waals surface area contributed by atoms with Gasteiger partial charge in [0.05, 0.1) is 26.9 Å². The van der Waals surface area contributed by atoms with Gasteiger partial charge < -0.3 is 43.0 Å². The van der Waals surface area contributed by atoms with E-state index in [4.69, 9.17) is 33.2 Å². The molecule has 2 saturated heterocycles. The molecule has 0 unspecified atom stereocenters. The first-order valence-corrected chi connectivity index (χ1v) is 17.0. The van der Waals surface area contributed by atoms with Crippen LogP contribution < -0.4 is 14.2 Å². The summed E-state index contributed by atoms with van der Waals surface area (Å²) in [6.45, 7) is 13.9. The van der Waals surface area contributed by atoms with Crippen molar-refractivity contribution in [3.05, 3.63) is 18.2 Å². The number of carbonyl (C=O) groups excluding carboxylic acids is 2. The predicted octanol–water partition coefficient (Wildman–Crippen LogP) is 6.17. The van der Waals surface area contributed by atoms with Crippen molar-refractivity contribution < 1.29 is 42.7 Å². The Bertz CT molecular complexity index is 1110. The monoisotopic (exact) mass is 648 g/mol. The number of amides is 2. The van der Waals surface area contributed by atoms with Crippen LogP contribution in [-0.4, -0.2) is 106 Å². The Labute approximate surface area is 275 Å². The van der Waals surface area contributed by atoms with Crippen LogP contribution in [0.15, 0.2) is 18.2 Å². The summed E-state index contributed by atoms with van der Waals surface area (Å²) in [5.41, 5.74) is -0.598. The summed E-state index contributed by atoms with van der Waals surface area (Å²) in [6.07, 6.45) is 4.04. The molecule has 2 heterocycles. The molecule has 3 fully saturated rings. The highest BCUT2D eigenvalue weighted by Crippen LogP contribution is 2.37. The van der Waals surface area contributed by atoms with Crippen molar-refractivity contribution in [3.63, 3.8) is 0 Å². The molecule has 11 nitrogen and oxygen atoms in total. The Balaban J connectivity index is 1.49. The third kappa shape index (κ3) is 10.8. The summed E-state index contributed by atoms with van der Waals surface area (Å²) in [6, 6.07) is 5.82. The van der Waals surface area contributed by atoms with Gasteiger partial charge >= 0.3 is 12.2 Å². The lowest BCUT2D eigenvalue weighted by Gasteiger charge is -2.32. The largest absolute Gasteiger partial charge is 0.493 e. The maximum Gasteiger partial charge on any atom is 0.410 e. The fourth-order valence-corrected chi connectivity index (χ4v) is 6.06. The van der Waals surface area contributed by atoms with Crippen molar-refractivity contribution in [1.29, 1.82) is 0 Å². The first-order valence-electron chi connectivity index (χ1n) is 17.0. The van der Waals surface area contributed by atoms with E-state index in [1.165, 1.54) is 0 Å². The van der Waals surface area contributed by atoms with Crippen molar-refractivity contribution in [2.45, 2.75) is 97.0 Å². The zero-order valence-electron chi connectivity index (χ0n) is 29.0. The fraction of sp³-hybridized carbons (Fsp3) is 0.771. The maximum atomic E-state index is 13.5. The van der Waals surface area contributed by atoms with Crippen molar-refractivity contribution in [3.8, 4) is 17.2 Å². The van der Waals surface area contributed by atoms with Crippen LogP contribution in [0.4, 0.5) is 9.59 Å². The van der Waals surface area contributed by atoms with E-state index in [1.54, 1.807) is 19.1 Å². The molecule has 1 aromatic carbocycles. The van der Waals surface area contributed by atoms with Crippen molar-refractivity contribution in [2.24, 2.45) is 17.8 Å². The van der Waals surface area contributed by atoms with Gasteiger partial charge in [0.1, 0.15) is 23.6 Å². The van der Waals surface area contributed by atoms with E-state index < -0.39 is 5.60 Å². The Hall–Kier alpha value is -2.92. The summed E-state index contributed by atoms with van der Waals surface area (Å²) in [4.78, 5) is 30.4. The molecular formula is C35H56N2O9. The van der Waals surface area contributed by atoms with Crippen LogP contribution in [0, 0.1) is 17.8 Å². The second kappa shape index (κ2) is 16.8. The minimum Gasteiger partial charge on any atom is -0.493 e. The van der Waals surface area contributed by atoms with Gasteiger partial charge in [-0.05, 0) is 69.9 Å². The Morgan fingerprint density at radius 2 is 1.72 bits per heavy atom. The van der Waals surface area contributed by atoms with E-state index in [0.717, 1.165) is 32.1 Å². The number of carbonyl (C=O) groups is 2. The third-order valence-electron chi connectivity index (χ3n) is 8.77. The summed E-state index contributed by atoms with van der Waals surface area (Å²) in [7, 11) is 3.29. The van der Waals surface area contributed by atoms with Crippen molar-refractivity contribution in [1.82, 2.24) is 9.80 Å². The van der Waals surface area contributed by atoms with Crippen LogP contribution in [0.2, 0.25) is 0 Å². The molecule has 0 radical (unpaired) electrons. The smallest absolute Gasteiger partial charge is 0.410 e. The highest BCUT2D eigenvalue weighted by Gasteiger charge is 2.43. The van der Waals surface area contributed by atoms with E-state index in [-0.39, 0.29) is 48.2 Å². The van der Waals surface area contributed by atoms with Gasteiger partial charge in [-0.25, -0.2) is 9.59 Å². The lowest BCUT2D eigenvalue weighted by atomic mass is 9.87. The first kappa shape index (κ1) is 35.9. The van der Waals surface area contributed by atoms with Crippen LogP contribution in [0.1, 0.15) is 73.1 Å². The molecule has 0 spiro atoms. The van der Waals surface area contributed by atoms with Gasteiger partial charge in [-0.1, -0.05) is 13.8 Å². The molecule has 3 aliphatic rings. The molecule has 260 valence electrons. The number of hydrogen-bond donors (Lipinski definition) is 0. The minimum absolute atomic E-state index is 0.0516. The average molecular weight is 649 g/mol. The topological polar surface area (TPSA) is 105 Å². The predicted molar refractivity (Wildman–Crippen MR) is 174 cm³/mol. The van der Waals surface area contributed by atoms with Crippen molar-refractivity contribution in [2.75, 3.05) is 60.3 Å². The molecule has 3 atom stereocenters. The Kier molecular flexibility index (Phi) is 13.1. The quantitative estimate of drug-likeness (QED) is 0.207. The zero-order chi connectivity index (χ0) is 33.3. The lowest BCUT2D eigenvalue weighted by molar-refractivity contribution is -0.0129. The molecule has 11 heteroatoms. The molecular weight excluding hydrogens is 592 g/mol. The third-order valence-corrected chi connectivity index (χ3v) is 8.77. The summed E-state index contributed by atoms with van der Waals surface area (Å²) >= 11 is 0. The normalized spacial score (nSPS) is 21.2. The number of nitrogens with zero attached hydrogens (tertiary/aromatic N) is 2. The van der Waals surface area contributed by atoms with Crippen LogP contribution in [0.5, 0.6) is 17.2 Å². The molecule has 0 bridgehead atoms. The van der Waals surface area contributed by atoms with Gasteiger partial charge in [-0.15, -0.1) is 0 Å². The summed E-state index contributed by atoms with van der Waals surface area (Å²) in [5, 5.41) is 0. The van der Waals surface area contributed by atoms with Gasteiger partial charge in [0.2, 0.25) is 0 Å². The van der Waals surface area contributed by atoms with Gasteiger partial charge in [0, 0.05) is 64.7 Å². The van der Waals surface area contributed by atoms with Crippen LogP contribution in [-0.2, 0) is 18.9 Å². The molecule has 1 aromatic rings. The highest BCUT2D eigenvalue weighted by atomic mass is 16.6. The number of methoxy groups -OCH3 is 2. The number of likely N-dealkylation sites (tertiary alicyclic amines) is 1. The lowest BCUT2D eigenvalue weighted by Crippen LogP contribution is -2.42. The van der Waals surface area contributed by atoms with Crippen LogP contribution in [0.3, 0.4) is 0 Å². The van der Waals surface area contributed by atoms with Gasteiger partial charge in [-0.2, -0.15) is 0 Å². The van der Waals surface area contributed by atoms with Crippen LogP contribution >= 0.6 is 0 Å². The minimum atomic E-state index is -0.598. The zero-order valence-corrected chi connectivity index (χ0v) is 29.0. The average Bonchev–Trinajstić information content (AvgIpc) is 3.77.